The lowest BCUT2D eigenvalue weighted by atomic mass is 10.0. The van der Waals surface area contributed by atoms with Crippen LogP contribution >= 0.6 is 0 Å². The van der Waals surface area contributed by atoms with Gasteiger partial charge in [0, 0.05) is 18.8 Å². The number of hydrogen-bond acceptors (Lipinski definition) is 2. The third-order valence-corrected chi connectivity index (χ3v) is 3.56. The second-order valence-electron chi connectivity index (χ2n) is 4.94. The fourth-order valence-corrected chi connectivity index (χ4v) is 2.52. The maximum atomic E-state index is 4.35. The smallest absolute Gasteiger partial charge is 0.0553 e. The summed E-state index contributed by atoms with van der Waals surface area (Å²) in [7, 11) is 2.02. The van der Waals surface area contributed by atoms with Crippen LogP contribution < -0.4 is 5.32 Å². The standard InChI is InChI=1S/C16H23N3/c1-4-19-16(10-11-18-19)15(17-3)9-8-14-7-5-6-13(2)12-14/h5-7,10-12,15,17H,4,8-9H2,1-3H3. The van der Waals surface area contributed by atoms with E-state index in [1.807, 2.05) is 13.2 Å². The molecule has 0 spiro atoms. The van der Waals surface area contributed by atoms with Gasteiger partial charge in [-0.25, -0.2) is 0 Å². The quantitative estimate of drug-likeness (QED) is 0.861. The molecule has 0 aliphatic heterocycles. The van der Waals surface area contributed by atoms with Crippen molar-refractivity contribution in [2.45, 2.75) is 39.3 Å². The van der Waals surface area contributed by atoms with Gasteiger partial charge in [-0.1, -0.05) is 29.8 Å². The molecule has 1 unspecified atom stereocenters. The van der Waals surface area contributed by atoms with Crippen LogP contribution in [0.15, 0.2) is 36.5 Å². The van der Waals surface area contributed by atoms with E-state index in [9.17, 15) is 0 Å². The molecule has 3 nitrogen and oxygen atoms in total. The first kappa shape index (κ1) is 13.8. The van der Waals surface area contributed by atoms with Gasteiger partial charge in [-0.3, -0.25) is 4.68 Å². The lowest BCUT2D eigenvalue weighted by Crippen LogP contribution is -2.21. The van der Waals surface area contributed by atoms with Crippen molar-refractivity contribution in [2.24, 2.45) is 0 Å². The predicted octanol–water partition coefficient (Wildman–Crippen LogP) is 3.10. The van der Waals surface area contributed by atoms with Gasteiger partial charge in [0.15, 0.2) is 0 Å². The minimum Gasteiger partial charge on any atom is -0.312 e. The molecule has 0 saturated carbocycles. The molecule has 3 heteroatoms. The van der Waals surface area contributed by atoms with E-state index in [1.165, 1.54) is 16.8 Å². The molecule has 1 heterocycles. The largest absolute Gasteiger partial charge is 0.312 e. The summed E-state index contributed by atoms with van der Waals surface area (Å²) in [5, 5.41) is 7.75. The first-order chi connectivity index (χ1) is 9.24. The van der Waals surface area contributed by atoms with Crippen LogP contribution in [0.5, 0.6) is 0 Å². The average molecular weight is 257 g/mol. The molecule has 2 aromatic rings. The number of nitrogens with zero attached hydrogens (tertiary/aromatic N) is 2. The van der Waals surface area contributed by atoms with Crippen LogP contribution in [0.2, 0.25) is 0 Å². The summed E-state index contributed by atoms with van der Waals surface area (Å²) < 4.78 is 2.07. The van der Waals surface area contributed by atoms with Crippen molar-refractivity contribution in [1.82, 2.24) is 15.1 Å². The van der Waals surface area contributed by atoms with Gasteiger partial charge in [0.1, 0.15) is 0 Å². The molecule has 0 aliphatic rings. The van der Waals surface area contributed by atoms with Crippen molar-refractivity contribution in [3.63, 3.8) is 0 Å². The van der Waals surface area contributed by atoms with E-state index in [4.69, 9.17) is 0 Å². The normalized spacial score (nSPS) is 12.6. The van der Waals surface area contributed by atoms with Crippen molar-refractivity contribution in [3.8, 4) is 0 Å². The van der Waals surface area contributed by atoms with Gasteiger partial charge in [0.05, 0.1) is 5.69 Å². The van der Waals surface area contributed by atoms with Crippen LogP contribution in [0.3, 0.4) is 0 Å². The highest BCUT2D eigenvalue weighted by molar-refractivity contribution is 5.22. The zero-order valence-electron chi connectivity index (χ0n) is 12.1. The minimum atomic E-state index is 0.364. The van der Waals surface area contributed by atoms with Crippen molar-refractivity contribution in [1.29, 1.82) is 0 Å². The molecule has 1 aromatic heterocycles. The molecule has 0 amide bonds. The van der Waals surface area contributed by atoms with Crippen LogP contribution in [0.4, 0.5) is 0 Å². The number of hydrogen-bond donors (Lipinski definition) is 1. The topological polar surface area (TPSA) is 29.9 Å². The highest BCUT2D eigenvalue weighted by Gasteiger charge is 2.13. The van der Waals surface area contributed by atoms with Gasteiger partial charge in [0.2, 0.25) is 0 Å². The maximum Gasteiger partial charge on any atom is 0.0553 e. The molecule has 0 fully saturated rings. The monoisotopic (exact) mass is 257 g/mol. The van der Waals surface area contributed by atoms with Gasteiger partial charge in [0.25, 0.3) is 0 Å². The molecule has 0 aliphatic carbocycles. The molecular weight excluding hydrogens is 234 g/mol. The summed E-state index contributed by atoms with van der Waals surface area (Å²) in [4.78, 5) is 0. The Hall–Kier alpha value is -1.61. The SMILES string of the molecule is CCn1nccc1C(CCc1cccc(C)c1)NC. The van der Waals surface area contributed by atoms with E-state index in [2.05, 4.69) is 59.3 Å². The molecule has 2 rings (SSSR count). The molecule has 1 aromatic carbocycles. The summed E-state index contributed by atoms with van der Waals surface area (Å²) in [6.45, 7) is 5.19. The average Bonchev–Trinajstić information content (AvgIpc) is 2.88. The van der Waals surface area contributed by atoms with E-state index in [-0.39, 0.29) is 0 Å². The Balaban J connectivity index is 2.04. The molecule has 0 saturated heterocycles. The fourth-order valence-electron chi connectivity index (χ4n) is 2.52. The molecule has 0 bridgehead atoms. The second kappa shape index (κ2) is 6.53. The van der Waals surface area contributed by atoms with Crippen molar-refractivity contribution in [3.05, 3.63) is 53.3 Å². The summed E-state index contributed by atoms with van der Waals surface area (Å²) in [6, 6.07) is 11.2. The van der Waals surface area contributed by atoms with Gasteiger partial charge in [-0.2, -0.15) is 5.10 Å². The Morgan fingerprint density at radius 1 is 1.32 bits per heavy atom. The van der Waals surface area contributed by atoms with Crippen LogP contribution in [0.25, 0.3) is 0 Å². The predicted molar refractivity (Wildman–Crippen MR) is 79.2 cm³/mol. The maximum absolute atomic E-state index is 4.35. The zero-order chi connectivity index (χ0) is 13.7. The summed E-state index contributed by atoms with van der Waals surface area (Å²) in [6.07, 6.45) is 4.06. The van der Waals surface area contributed by atoms with Crippen LogP contribution in [-0.4, -0.2) is 16.8 Å². The van der Waals surface area contributed by atoms with Crippen LogP contribution in [0.1, 0.15) is 36.2 Å². The summed E-state index contributed by atoms with van der Waals surface area (Å²) in [5.74, 6) is 0. The first-order valence-electron chi connectivity index (χ1n) is 6.99. The molecule has 102 valence electrons. The molecule has 19 heavy (non-hydrogen) atoms. The number of aryl methyl sites for hydroxylation is 3. The van der Waals surface area contributed by atoms with E-state index in [1.54, 1.807) is 0 Å². The third kappa shape index (κ3) is 3.44. The van der Waals surface area contributed by atoms with E-state index in [0.717, 1.165) is 19.4 Å². The van der Waals surface area contributed by atoms with Gasteiger partial charge >= 0.3 is 0 Å². The van der Waals surface area contributed by atoms with Gasteiger partial charge in [-0.15, -0.1) is 0 Å². The lowest BCUT2D eigenvalue weighted by Gasteiger charge is -2.17. The van der Waals surface area contributed by atoms with Gasteiger partial charge in [-0.05, 0) is 45.4 Å². The first-order valence-corrected chi connectivity index (χ1v) is 6.99. The zero-order valence-corrected chi connectivity index (χ0v) is 12.1. The van der Waals surface area contributed by atoms with Crippen molar-refractivity contribution < 1.29 is 0 Å². The van der Waals surface area contributed by atoms with E-state index in [0.29, 0.717) is 6.04 Å². The third-order valence-electron chi connectivity index (χ3n) is 3.56. The highest BCUT2D eigenvalue weighted by Crippen LogP contribution is 2.19. The lowest BCUT2D eigenvalue weighted by molar-refractivity contribution is 0.489. The molecule has 0 radical (unpaired) electrons. The Bertz CT molecular complexity index is 516. The van der Waals surface area contributed by atoms with Crippen molar-refractivity contribution in [2.75, 3.05) is 7.05 Å². The number of nitrogens with one attached hydrogen (secondary N) is 1. The second-order valence-corrected chi connectivity index (χ2v) is 4.94. The Morgan fingerprint density at radius 2 is 2.16 bits per heavy atom. The van der Waals surface area contributed by atoms with Crippen LogP contribution in [-0.2, 0) is 13.0 Å². The van der Waals surface area contributed by atoms with Crippen molar-refractivity contribution >= 4 is 0 Å². The van der Waals surface area contributed by atoms with E-state index < -0.39 is 0 Å². The fraction of sp³-hybridized carbons (Fsp3) is 0.438. The summed E-state index contributed by atoms with van der Waals surface area (Å²) >= 11 is 0. The Morgan fingerprint density at radius 3 is 2.84 bits per heavy atom. The number of rotatable bonds is 6. The highest BCUT2D eigenvalue weighted by atomic mass is 15.3. The molecule has 1 N–H and O–H groups in total. The van der Waals surface area contributed by atoms with Crippen LogP contribution in [0, 0.1) is 6.92 Å². The summed E-state index contributed by atoms with van der Waals surface area (Å²) in [5.41, 5.74) is 4.01. The number of aromatic nitrogens is 2. The Labute approximate surface area is 115 Å². The van der Waals surface area contributed by atoms with E-state index >= 15 is 0 Å². The minimum absolute atomic E-state index is 0.364. The Kier molecular flexibility index (Phi) is 4.74. The molecular formula is C16H23N3. The van der Waals surface area contributed by atoms with Gasteiger partial charge < -0.3 is 5.32 Å². The number of benzene rings is 1. The molecule has 1 atom stereocenters.